The normalized spacial score (nSPS) is 9.85. The van der Waals surface area contributed by atoms with Crippen LogP contribution < -0.4 is 5.32 Å². The van der Waals surface area contributed by atoms with Crippen molar-refractivity contribution in [2.75, 3.05) is 12.4 Å². The minimum atomic E-state index is -0.405. The Morgan fingerprint density at radius 3 is 2.95 bits per heavy atom. The van der Waals surface area contributed by atoms with Crippen molar-refractivity contribution in [2.24, 2.45) is 0 Å². The van der Waals surface area contributed by atoms with Gasteiger partial charge in [-0.25, -0.2) is 4.79 Å². The van der Waals surface area contributed by atoms with Gasteiger partial charge < -0.3 is 15.0 Å². The first-order valence-electron chi connectivity index (χ1n) is 5.83. The lowest BCUT2D eigenvalue weighted by Gasteiger charge is -2.07. The zero-order valence-electron chi connectivity index (χ0n) is 10.7. The van der Waals surface area contributed by atoms with Crippen LogP contribution in [0, 0.1) is 11.3 Å². The number of hydrogen-bond acceptors (Lipinski definition) is 4. The number of H-pyrrole nitrogens is 1. The molecule has 102 valence electrons. The van der Waals surface area contributed by atoms with Crippen LogP contribution in [0.2, 0.25) is 0 Å². The summed E-state index contributed by atoms with van der Waals surface area (Å²) in [6.07, 6.45) is 0. The van der Waals surface area contributed by atoms with E-state index in [1.165, 1.54) is 7.11 Å². The van der Waals surface area contributed by atoms with E-state index in [-0.39, 0.29) is 0 Å². The summed E-state index contributed by atoms with van der Waals surface area (Å²) in [4.78, 5) is 14.3. The van der Waals surface area contributed by atoms with E-state index in [0.717, 1.165) is 15.9 Å². The Labute approximate surface area is 124 Å². The zero-order chi connectivity index (χ0) is 14.5. The van der Waals surface area contributed by atoms with Crippen LogP contribution in [0.15, 0.2) is 34.8 Å². The summed E-state index contributed by atoms with van der Waals surface area (Å²) in [5.74, 6) is -0.405. The number of benzene rings is 1. The van der Waals surface area contributed by atoms with Gasteiger partial charge in [-0.1, -0.05) is 15.9 Å². The number of methoxy groups -OCH3 is 1. The molecule has 0 aliphatic rings. The molecule has 20 heavy (non-hydrogen) atoms. The zero-order valence-corrected chi connectivity index (χ0v) is 12.3. The lowest BCUT2D eigenvalue weighted by molar-refractivity contribution is 0.0594. The van der Waals surface area contributed by atoms with Crippen molar-refractivity contribution in [1.29, 1.82) is 5.26 Å². The van der Waals surface area contributed by atoms with Crippen LogP contribution in [-0.4, -0.2) is 18.1 Å². The SMILES string of the molecule is COC(=O)c1ccc(CNc2ccc(Br)cc2C#N)[nH]1. The van der Waals surface area contributed by atoms with Crippen molar-refractivity contribution in [1.82, 2.24) is 4.98 Å². The van der Waals surface area contributed by atoms with E-state index in [1.807, 2.05) is 12.1 Å². The Hall–Kier alpha value is -2.26. The number of esters is 1. The first kappa shape index (κ1) is 14.2. The number of nitrogens with one attached hydrogen (secondary N) is 2. The van der Waals surface area contributed by atoms with Gasteiger partial charge in [0.1, 0.15) is 11.8 Å². The number of hydrogen-bond donors (Lipinski definition) is 2. The molecule has 2 N–H and O–H groups in total. The predicted octanol–water partition coefficient (Wildman–Crippen LogP) is 3.05. The van der Waals surface area contributed by atoms with Crippen LogP contribution >= 0.6 is 15.9 Å². The minimum absolute atomic E-state index is 0.403. The fraction of sp³-hybridized carbons (Fsp3) is 0.143. The lowest BCUT2D eigenvalue weighted by atomic mass is 10.2. The number of halogens is 1. The largest absolute Gasteiger partial charge is 0.464 e. The van der Waals surface area contributed by atoms with Gasteiger partial charge in [0, 0.05) is 10.2 Å². The molecule has 0 fully saturated rings. The summed E-state index contributed by atoms with van der Waals surface area (Å²) in [6, 6.07) is 11.0. The van der Waals surface area contributed by atoms with Gasteiger partial charge in [-0.2, -0.15) is 5.26 Å². The van der Waals surface area contributed by atoms with Crippen molar-refractivity contribution in [3.63, 3.8) is 0 Å². The van der Waals surface area contributed by atoms with Crippen LogP contribution in [0.3, 0.4) is 0 Å². The fourth-order valence-electron chi connectivity index (χ4n) is 1.73. The number of nitrogens with zero attached hydrogens (tertiary/aromatic N) is 1. The number of aromatic amines is 1. The third-order valence-electron chi connectivity index (χ3n) is 2.72. The van der Waals surface area contributed by atoms with E-state index < -0.39 is 5.97 Å². The maximum Gasteiger partial charge on any atom is 0.354 e. The van der Waals surface area contributed by atoms with Crippen molar-refractivity contribution in [3.8, 4) is 6.07 Å². The first-order valence-corrected chi connectivity index (χ1v) is 6.63. The van der Waals surface area contributed by atoms with Crippen LogP contribution in [0.25, 0.3) is 0 Å². The smallest absolute Gasteiger partial charge is 0.354 e. The minimum Gasteiger partial charge on any atom is -0.464 e. The van der Waals surface area contributed by atoms with E-state index in [4.69, 9.17) is 5.26 Å². The van der Waals surface area contributed by atoms with E-state index in [9.17, 15) is 4.79 Å². The van der Waals surface area contributed by atoms with Gasteiger partial charge in [-0.05, 0) is 30.3 Å². The summed E-state index contributed by atoms with van der Waals surface area (Å²) < 4.78 is 5.48. The number of carbonyl (C=O) groups is 1. The van der Waals surface area contributed by atoms with Gasteiger partial charge in [0.15, 0.2) is 0 Å². The molecule has 0 radical (unpaired) electrons. The van der Waals surface area contributed by atoms with Gasteiger partial charge in [0.2, 0.25) is 0 Å². The monoisotopic (exact) mass is 333 g/mol. The molecule has 2 rings (SSSR count). The molecule has 6 heteroatoms. The summed E-state index contributed by atoms with van der Waals surface area (Å²) in [7, 11) is 1.34. The van der Waals surface area contributed by atoms with Gasteiger partial charge >= 0.3 is 5.97 Å². The van der Waals surface area contributed by atoms with Gasteiger partial charge in [-0.3, -0.25) is 0 Å². The molecule has 1 aromatic heterocycles. The summed E-state index contributed by atoms with van der Waals surface area (Å²) in [5.41, 5.74) is 2.53. The number of rotatable bonds is 4. The maximum absolute atomic E-state index is 11.3. The number of carbonyl (C=O) groups excluding carboxylic acids is 1. The van der Waals surface area contributed by atoms with Crippen LogP contribution in [0.1, 0.15) is 21.7 Å². The molecule has 0 atom stereocenters. The lowest BCUT2D eigenvalue weighted by Crippen LogP contribution is -2.04. The molecule has 0 spiro atoms. The van der Waals surface area contributed by atoms with E-state index in [2.05, 4.69) is 37.0 Å². The molecule has 1 aromatic carbocycles. The highest BCUT2D eigenvalue weighted by molar-refractivity contribution is 9.10. The molecule has 0 saturated carbocycles. The fourth-order valence-corrected chi connectivity index (χ4v) is 2.09. The van der Waals surface area contributed by atoms with Crippen molar-refractivity contribution in [3.05, 3.63) is 51.8 Å². The molecule has 2 aromatic rings. The van der Waals surface area contributed by atoms with Gasteiger partial charge in [0.25, 0.3) is 0 Å². The standard InChI is InChI=1S/C14H12BrN3O2/c1-20-14(19)13-5-3-11(18-13)8-17-12-4-2-10(15)6-9(12)7-16/h2-6,17-18H,8H2,1H3. The maximum atomic E-state index is 11.3. The number of ether oxygens (including phenoxy) is 1. The highest BCUT2D eigenvalue weighted by atomic mass is 79.9. The van der Waals surface area contributed by atoms with Gasteiger partial charge in [0.05, 0.1) is 24.9 Å². The average molecular weight is 334 g/mol. The number of aromatic nitrogens is 1. The topological polar surface area (TPSA) is 77.9 Å². The highest BCUT2D eigenvalue weighted by Gasteiger charge is 2.08. The van der Waals surface area contributed by atoms with Crippen LogP contribution in [0.4, 0.5) is 5.69 Å². The Morgan fingerprint density at radius 1 is 1.45 bits per heavy atom. The Kier molecular flexibility index (Phi) is 4.43. The second-order valence-corrected chi connectivity index (χ2v) is 4.96. The number of anilines is 1. The second-order valence-electron chi connectivity index (χ2n) is 4.04. The predicted molar refractivity (Wildman–Crippen MR) is 78.3 cm³/mol. The van der Waals surface area contributed by atoms with Gasteiger partial charge in [-0.15, -0.1) is 0 Å². The van der Waals surface area contributed by atoms with Crippen LogP contribution in [0.5, 0.6) is 0 Å². The molecule has 1 heterocycles. The highest BCUT2D eigenvalue weighted by Crippen LogP contribution is 2.20. The van der Waals surface area contributed by atoms with E-state index in [0.29, 0.717) is 17.8 Å². The third kappa shape index (κ3) is 3.19. The molecule has 5 nitrogen and oxygen atoms in total. The number of nitriles is 1. The van der Waals surface area contributed by atoms with Crippen molar-refractivity contribution >= 4 is 27.6 Å². The molecular weight excluding hydrogens is 322 g/mol. The van der Waals surface area contributed by atoms with Crippen LogP contribution in [-0.2, 0) is 11.3 Å². The molecule has 0 saturated heterocycles. The molecule has 0 aliphatic carbocycles. The molecule has 0 aliphatic heterocycles. The summed E-state index contributed by atoms with van der Waals surface area (Å²) >= 11 is 3.32. The van der Waals surface area contributed by atoms with E-state index >= 15 is 0 Å². The summed E-state index contributed by atoms with van der Waals surface area (Å²) in [5, 5.41) is 12.2. The Morgan fingerprint density at radius 2 is 2.25 bits per heavy atom. The van der Waals surface area contributed by atoms with E-state index in [1.54, 1.807) is 18.2 Å². The molecule has 0 bridgehead atoms. The quantitative estimate of drug-likeness (QED) is 0.843. The average Bonchev–Trinajstić information content (AvgIpc) is 2.93. The first-order chi connectivity index (χ1) is 9.63. The summed E-state index contributed by atoms with van der Waals surface area (Å²) in [6.45, 7) is 0.479. The molecule has 0 amide bonds. The molecule has 0 unspecified atom stereocenters. The third-order valence-corrected chi connectivity index (χ3v) is 3.22. The Balaban J connectivity index is 2.08. The van der Waals surface area contributed by atoms with Crippen molar-refractivity contribution < 1.29 is 9.53 Å². The second kappa shape index (κ2) is 6.26. The van der Waals surface area contributed by atoms with Crippen molar-refractivity contribution in [2.45, 2.75) is 6.54 Å². The Bertz CT molecular complexity index is 673. The molecular formula is C14H12BrN3O2.